The highest BCUT2D eigenvalue weighted by Gasteiger charge is 2.42. The SMILES string of the molecule is CC1(P)CC(C#N)N(C(C)(C)C)C1. The van der Waals surface area contributed by atoms with Crippen molar-refractivity contribution in [3.8, 4) is 6.07 Å². The van der Waals surface area contributed by atoms with E-state index in [1.165, 1.54) is 0 Å². The van der Waals surface area contributed by atoms with Crippen molar-refractivity contribution in [3.63, 3.8) is 0 Å². The maximum Gasteiger partial charge on any atom is 0.0991 e. The highest BCUT2D eigenvalue weighted by molar-refractivity contribution is 7.19. The lowest BCUT2D eigenvalue weighted by atomic mass is 10.1. The molecule has 2 nitrogen and oxygen atoms in total. The molecule has 13 heavy (non-hydrogen) atoms. The molecule has 74 valence electrons. The Labute approximate surface area is 83.5 Å². The minimum absolute atomic E-state index is 0.0856. The third kappa shape index (κ3) is 2.42. The predicted molar refractivity (Wildman–Crippen MR) is 58.6 cm³/mol. The van der Waals surface area contributed by atoms with Gasteiger partial charge in [-0.05, 0) is 32.3 Å². The van der Waals surface area contributed by atoms with Crippen LogP contribution in [0.1, 0.15) is 34.1 Å². The van der Waals surface area contributed by atoms with Crippen molar-refractivity contribution < 1.29 is 0 Å². The fourth-order valence-corrected chi connectivity index (χ4v) is 2.36. The van der Waals surface area contributed by atoms with Crippen molar-refractivity contribution >= 4 is 9.24 Å². The first kappa shape index (κ1) is 11.0. The summed E-state index contributed by atoms with van der Waals surface area (Å²) in [5, 5.41) is 9.25. The third-order valence-corrected chi connectivity index (χ3v) is 3.00. The number of likely N-dealkylation sites (tertiary alicyclic amines) is 1. The molecule has 0 aromatic carbocycles. The quantitative estimate of drug-likeness (QED) is 0.557. The molecule has 3 atom stereocenters. The second-order valence-electron chi connectivity index (χ2n) is 5.30. The van der Waals surface area contributed by atoms with Crippen LogP contribution in [0.5, 0.6) is 0 Å². The summed E-state index contributed by atoms with van der Waals surface area (Å²) in [6, 6.07) is 2.47. The van der Waals surface area contributed by atoms with Gasteiger partial charge in [-0.3, -0.25) is 4.90 Å². The van der Waals surface area contributed by atoms with Crippen LogP contribution < -0.4 is 0 Å². The van der Waals surface area contributed by atoms with Crippen molar-refractivity contribution in [2.75, 3.05) is 6.54 Å². The Morgan fingerprint density at radius 2 is 2.08 bits per heavy atom. The molecule has 0 saturated carbocycles. The standard InChI is InChI=1S/C10H19N2P/c1-9(2,3)12-7-10(4,13)5-8(12)6-11/h8H,5,7,13H2,1-4H3. The zero-order chi connectivity index (χ0) is 10.3. The normalized spacial score (nSPS) is 36.2. The van der Waals surface area contributed by atoms with Gasteiger partial charge in [0, 0.05) is 12.1 Å². The maximum absolute atomic E-state index is 9.03. The van der Waals surface area contributed by atoms with Gasteiger partial charge in [0.1, 0.15) is 0 Å². The minimum Gasteiger partial charge on any atom is -0.282 e. The van der Waals surface area contributed by atoms with Gasteiger partial charge in [0.25, 0.3) is 0 Å². The zero-order valence-corrected chi connectivity index (χ0v) is 10.1. The Balaban J connectivity index is 2.83. The molecular weight excluding hydrogens is 179 g/mol. The van der Waals surface area contributed by atoms with E-state index >= 15 is 0 Å². The lowest BCUT2D eigenvalue weighted by Crippen LogP contribution is -2.44. The fourth-order valence-electron chi connectivity index (χ4n) is 1.94. The molecule has 1 heterocycles. The molecule has 1 fully saturated rings. The lowest BCUT2D eigenvalue weighted by molar-refractivity contribution is 0.144. The van der Waals surface area contributed by atoms with E-state index in [4.69, 9.17) is 5.26 Å². The average molecular weight is 198 g/mol. The molecule has 0 amide bonds. The number of rotatable bonds is 0. The summed E-state index contributed by atoms with van der Waals surface area (Å²) in [5.41, 5.74) is 0.106. The van der Waals surface area contributed by atoms with Crippen molar-refractivity contribution in [2.24, 2.45) is 0 Å². The van der Waals surface area contributed by atoms with Crippen molar-refractivity contribution in [1.82, 2.24) is 4.90 Å². The lowest BCUT2D eigenvalue weighted by Gasteiger charge is -2.34. The molecule has 3 heteroatoms. The molecule has 0 aromatic rings. The van der Waals surface area contributed by atoms with Crippen LogP contribution in [-0.2, 0) is 0 Å². The smallest absolute Gasteiger partial charge is 0.0991 e. The van der Waals surface area contributed by atoms with Gasteiger partial charge in [-0.15, -0.1) is 9.24 Å². The number of hydrogen-bond acceptors (Lipinski definition) is 2. The van der Waals surface area contributed by atoms with E-state index in [1.807, 2.05) is 0 Å². The first-order valence-corrected chi connectivity index (χ1v) is 5.29. The molecule has 3 unspecified atom stereocenters. The number of hydrogen-bond donors (Lipinski definition) is 0. The first-order valence-electron chi connectivity index (χ1n) is 4.71. The van der Waals surface area contributed by atoms with Crippen LogP contribution in [-0.4, -0.2) is 28.2 Å². The van der Waals surface area contributed by atoms with Crippen LogP contribution >= 0.6 is 9.24 Å². The van der Waals surface area contributed by atoms with E-state index in [1.54, 1.807) is 0 Å². The Hall–Kier alpha value is -0.120. The Kier molecular flexibility index (Phi) is 2.72. The van der Waals surface area contributed by atoms with Crippen LogP contribution in [0.2, 0.25) is 0 Å². The molecular formula is C10H19N2P. The van der Waals surface area contributed by atoms with Gasteiger partial charge in [-0.1, -0.05) is 6.92 Å². The van der Waals surface area contributed by atoms with Gasteiger partial charge in [0.15, 0.2) is 0 Å². The summed E-state index contributed by atoms with van der Waals surface area (Å²) in [7, 11) is 2.87. The molecule has 1 saturated heterocycles. The van der Waals surface area contributed by atoms with E-state index in [0.717, 1.165) is 13.0 Å². The number of nitriles is 1. The van der Waals surface area contributed by atoms with Gasteiger partial charge in [0.2, 0.25) is 0 Å². The summed E-state index contributed by atoms with van der Waals surface area (Å²) < 4.78 is 0. The largest absolute Gasteiger partial charge is 0.282 e. The molecule has 1 aliphatic heterocycles. The minimum atomic E-state index is 0.0856. The van der Waals surface area contributed by atoms with Gasteiger partial charge in [-0.25, -0.2) is 0 Å². The Morgan fingerprint density at radius 1 is 1.54 bits per heavy atom. The average Bonchev–Trinajstić information content (AvgIpc) is 2.24. The van der Waals surface area contributed by atoms with E-state index in [9.17, 15) is 0 Å². The molecule has 0 N–H and O–H groups in total. The summed E-state index contributed by atoms with van der Waals surface area (Å²) >= 11 is 0. The van der Waals surface area contributed by atoms with E-state index in [-0.39, 0.29) is 16.7 Å². The summed E-state index contributed by atoms with van der Waals surface area (Å²) in [4.78, 5) is 2.29. The van der Waals surface area contributed by atoms with E-state index in [2.05, 4.69) is 47.9 Å². The Bertz CT molecular complexity index is 234. The highest BCUT2D eigenvalue weighted by atomic mass is 31.0. The topological polar surface area (TPSA) is 27.0 Å². The fraction of sp³-hybridized carbons (Fsp3) is 0.900. The van der Waals surface area contributed by atoms with Crippen LogP contribution in [0.3, 0.4) is 0 Å². The predicted octanol–water partition coefficient (Wildman–Crippen LogP) is 2.02. The monoisotopic (exact) mass is 198 g/mol. The van der Waals surface area contributed by atoms with Gasteiger partial charge in [-0.2, -0.15) is 5.26 Å². The van der Waals surface area contributed by atoms with Crippen molar-refractivity contribution in [2.45, 2.75) is 50.9 Å². The molecule has 0 aromatic heterocycles. The van der Waals surface area contributed by atoms with Crippen LogP contribution in [0.15, 0.2) is 0 Å². The van der Waals surface area contributed by atoms with Crippen LogP contribution in [0.25, 0.3) is 0 Å². The molecule has 0 radical (unpaired) electrons. The molecule has 1 rings (SSSR count). The van der Waals surface area contributed by atoms with Crippen molar-refractivity contribution in [1.29, 1.82) is 5.26 Å². The zero-order valence-electron chi connectivity index (χ0n) is 8.96. The highest BCUT2D eigenvalue weighted by Crippen LogP contribution is 2.37. The van der Waals surface area contributed by atoms with E-state index in [0.29, 0.717) is 0 Å². The summed E-state index contributed by atoms with van der Waals surface area (Å²) in [6.07, 6.45) is 0.964. The van der Waals surface area contributed by atoms with Crippen LogP contribution in [0.4, 0.5) is 0 Å². The Morgan fingerprint density at radius 3 is 2.38 bits per heavy atom. The van der Waals surface area contributed by atoms with E-state index < -0.39 is 0 Å². The van der Waals surface area contributed by atoms with Gasteiger partial charge in [0.05, 0.1) is 12.1 Å². The maximum atomic E-state index is 9.03. The second-order valence-corrected chi connectivity index (χ2v) is 6.70. The van der Waals surface area contributed by atoms with Gasteiger partial charge < -0.3 is 0 Å². The molecule has 0 aliphatic carbocycles. The molecule has 0 spiro atoms. The summed E-state index contributed by atoms with van der Waals surface area (Å²) in [6.45, 7) is 9.71. The molecule has 1 aliphatic rings. The third-order valence-electron chi connectivity index (χ3n) is 2.58. The van der Waals surface area contributed by atoms with Crippen molar-refractivity contribution in [3.05, 3.63) is 0 Å². The summed E-state index contributed by atoms with van der Waals surface area (Å²) in [5.74, 6) is 0. The second kappa shape index (κ2) is 3.23. The first-order chi connectivity index (χ1) is 5.76. The number of nitrogens with zero attached hydrogens (tertiary/aromatic N) is 2. The van der Waals surface area contributed by atoms with Crippen LogP contribution in [0, 0.1) is 11.3 Å². The van der Waals surface area contributed by atoms with Gasteiger partial charge >= 0.3 is 0 Å². The molecule has 0 bridgehead atoms.